The van der Waals surface area contributed by atoms with Gasteiger partial charge in [0.25, 0.3) is 0 Å². The van der Waals surface area contributed by atoms with Crippen molar-refractivity contribution in [3.05, 3.63) is 18.2 Å². The zero-order valence-electron chi connectivity index (χ0n) is 8.91. The van der Waals surface area contributed by atoms with E-state index < -0.39 is 0 Å². The summed E-state index contributed by atoms with van der Waals surface area (Å²) in [6, 6.07) is 0.423. The van der Waals surface area contributed by atoms with Gasteiger partial charge in [-0.2, -0.15) is 0 Å². The van der Waals surface area contributed by atoms with Crippen molar-refractivity contribution in [3.8, 4) is 0 Å². The summed E-state index contributed by atoms with van der Waals surface area (Å²) in [5.41, 5.74) is 7.01. The monoisotopic (exact) mass is 181 g/mol. The molecule has 1 aromatic rings. The fraction of sp³-hybridized carbons (Fsp3) is 0.700. The Labute approximate surface area is 80.0 Å². The van der Waals surface area contributed by atoms with Gasteiger partial charge in [0.15, 0.2) is 0 Å². The lowest BCUT2D eigenvalue weighted by Crippen LogP contribution is -2.34. The van der Waals surface area contributed by atoms with Crippen molar-refractivity contribution >= 4 is 0 Å². The number of hydrogen-bond acceptors (Lipinski definition) is 2. The second kappa shape index (κ2) is 3.50. The summed E-state index contributed by atoms with van der Waals surface area (Å²) in [5.74, 6) is 0. The Kier molecular flexibility index (Phi) is 2.76. The van der Waals surface area contributed by atoms with Crippen LogP contribution >= 0.6 is 0 Å². The van der Waals surface area contributed by atoms with Crippen LogP contribution in [0.3, 0.4) is 0 Å². The van der Waals surface area contributed by atoms with Gasteiger partial charge in [-0.3, -0.25) is 0 Å². The van der Waals surface area contributed by atoms with Crippen LogP contribution < -0.4 is 5.73 Å². The molecule has 0 aliphatic rings. The molecule has 0 saturated heterocycles. The highest BCUT2D eigenvalue weighted by Gasteiger charge is 2.23. The van der Waals surface area contributed by atoms with Gasteiger partial charge < -0.3 is 10.3 Å². The number of hydrogen-bond donors (Lipinski definition) is 1. The van der Waals surface area contributed by atoms with E-state index in [0.717, 1.165) is 12.1 Å². The lowest BCUT2D eigenvalue weighted by Gasteiger charge is -2.25. The zero-order chi connectivity index (χ0) is 10.1. The van der Waals surface area contributed by atoms with E-state index in [1.54, 1.807) is 0 Å². The van der Waals surface area contributed by atoms with Gasteiger partial charge in [-0.1, -0.05) is 6.92 Å². The Hall–Kier alpha value is -0.830. The number of imidazole rings is 1. The number of rotatable bonds is 3. The minimum Gasteiger partial charge on any atom is -0.330 e. The normalized spacial score (nSPS) is 16.2. The Morgan fingerprint density at radius 1 is 1.62 bits per heavy atom. The van der Waals surface area contributed by atoms with Crippen molar-refractivity contribution in [1.29, 1.82) is 0 Å². The van der Waals surface area contributed by atoms with Crippen LogP contribution in [0.15, 0.2) is 12.5 Å². The standard InChI is InChI=1S/C10H19N3/c1-5-10(4,11)9-6-12-7-13(9)8(2)3/h6-8H,5,11H2,1-4H3. The molecule has 0 spiro atoms. The third-order valence-electron chi connectivity index (χ3n) is 2.54. The second-order valence-electron chi connectivity index (χ2n) is 4.05. The summed E-state index contributed by atoms with van der Waals surface area (Å²) in [5, 5.41) is 0. The van der Waals surface area contributed by atoms with Gasteiger partial charge in [-0.25, -0.2) is 4.98 Å². The summed E-state index contributed by atoms with van der Waals surface area (Å²) in [6.45, 7) is 8.41. The molecule has 0 bridgehead atoms. The first-order valence-corrected chi connectivity index (χ1v) is 4.80. The Balaban J connectivity index is 3.07. The largest absolute Gasteiger partial charge is 0.330 e. The van der Waals surface area contributed by atoms with E-state index in [9.17, 15) is 0 Å². The molecular weight excluding hydrogens is 162 g/mol. The van der Waals surface area contributed by atoms with Gasteiger partial charge in [0.2, 0.25) is 0 Å². The van der Waals surface area contributed by atoms with Gasteiger partial charge in [0.05, 0.1) is 23.8 Å². The van der Waals surface area contributed by atoms with Crippen LogP contribution in [0.2, 0.25) is 0 Å². The minimum atomic E-state index is -0.263. The van der Waals surface area contributed by atoms with Crippen molar-refractivity contribution in [2.45, 2.75) is 45.7 Å². The summed E-state index contributed by atoms with van der Waals surface area (Å²) in [7, 11) is 0. The molecule has 0 aliphatic carbocycles. The first-order valence-electron chi connectivity index (χ1n) is 4.80. The molecule has 74 valence electrons. The first-order chi connectivity index (χ1) is 5.99. The predicted octanol–water partition coefficient (Wildman–Crippen LogP) is 2.05. The molecule has 3 nitrogen and oxygen atoms in total. The minimum absolute atomic E-state index is 0.263. The Morgan fingerprint density at radius 2 is 2.23 bits per heavy atom. The van der Waals surface area contributed by atoms with E-state index in [4.69, 9.17) is 5.73 Å². The van der Waals surface area contributed by atoms with Gasteiger partial charge in [-0.15, -0.1) is 0 Å². The van der Waals surface area contributed by atoms with Gasteiger partial charge in [0.1, 0.15) is 0 Å². The van der Waals surface area contributed by atoms with E-state index in [1.165, 1.54) is 0 Å². The van der Waals surface area contributed by atoms with E-state index in [2.05, 4.69) is 30.3 Å². The lowest BCUT2D eigenvalue weighted by atomic mass is 9.96. The van der Waals surface area contributed by atoms with Gasteiger partial charge in [-0.05, 0) is 27.2 Å². The fourth-order valence-electron chi connectivity index (χ4n) is 1.34. The molecule has 3 heteroatoms. The molecule has 1 heterocycles. The van der Waals surface area contributed by atoms with Crippen LogP contribution in [-0.2, 0) is 5.54 Å². The molecule has 1 aromatic heterocycles. The molecule has 0 fully saturated rings. The third kappa shape index (κ3) is 1.91. The average molecular weight is 181 g/mol. The van der Waals surface area contributed by atoms with Crippen molar-refractivity contribution in [3.63, 3.8) is 0 Å². The molecule has 0 saturated carbocycles. The maximum Gasteiger partial charge on any atom is 0.0951 e. The number of aromatic nitrogens is 2. The quantitative estimate of drug-likeness (QED) is 0.775. The fourth-order valence-corrected chi connectivity index (χ4v) is 1.34. The Bertz CT molecular complexity index is 273. The molecule has 0 radical (unpaired) electrons. The summed E-state index contributed by atoms with van der Waals surface area (Å²) in [4.78, 5) is 4.14. The first kappa shape index (κ1) is 10.3. The van der Waals surface area contributed by atoms with Crippen LogP contribution in [0.4, 0.5) is 0 Å². The Morgan fingerprint density at radius 3 is 2.69 bits per heavy atom. The van der Waals surface area contributed by atoms with E-state index >= 15 is 0 Å². The van der Waals surface area contributed by atoms with Crippen LogP contribution in [0.1, 0.15) is 45.9 Å². The highest BCUT2D eigenvalue weighted by molar-refractivity contribution is 5.11. The number of nitrogens with two attached hydrogens (primary N) is 1. The molecular formula is C10H19N3. The maximum atomic E-state index is 6.16. The SMILES string of the molecule is CCC(C)(N)c1cncn1C(C)C. The summed E-state index contributed by atoms with van der Waals surface area (Å²) in [6.07, 6.45) is 4.63. The number of nitrogens with zero attached hydrogens (tertiary/aromatic N) is 2. The van der Waals surface area contributed by atoms with Crippen molar-refractivity contribution in [2.24, 2.45) is 5.73 Å². The van der Waals surface area contributed by atoms with Crippen LogP contribution in [-0.4, -0.2) is 9.55 Å². The highest BCUT2D eigenvalue weighted by Crippen LogP contribution is 2.23. The molecule has 1 unspecified atom stereocenters. The van der Waals surface area contributed by atoms with Crippen molar-refractivity contribution in [1.82, 2.24) is 9.55 Å². The molecule has 1 rings (SSSR count). The van der Waals surface area contributed by atoms with Crippen molar-refractivity contribution < 1.29 is 0 Å². The molecule has 0 amide bonds. The zero-order valence-corrected chi connectivity index (χ0v) is 8.91. The van der Waals surface area contributed by atoms with Crippen LogP contribution in [0, 0.1) is 0 Å². The summed E-state index contributed by atoms with van der Waals surface area (Å²) < 4.78 is 2.13. The predicted molar refractivity (Wildman–Crippen MR) is 54.4 cm³/mol. The topological polar surface area (TPSA) is 43.8 Å². The van der Waals surface area contributed by atoms with Crippen molar-refractivity contribution in [2.75, 3.05) is 0 Å². The molecule has 0 aromatic carbocycles. The molecule has 13 heavy (non-hydrogen) atoms. The highest BCUT2D eigenvalue weighted by atomic mass is 15.1. The molecule has 1 atom stereocenters. The van der Waals surface area contributed by atoms with E-state index in [-0.39, 0.29) is 5.54 Å². The van der Waals surface area contributed by atoms with Crippen LogP contribution in [0.25, 0.3) is 0 Å². The average Bonchev–Trinajstić information content (AvgIpc) is 2.52. The summed E-state index contributed by atoms with van der Waals surface area (Å²) >= 11 is 0. The van der Waals surface area contributed by atoms with Gasteiger partial charge >= 0.3 is 0 Å². The molecule has 0 aliphatic heterocycles. The maximum absolute atomic E-state index is 6.16. The van der Waals surface area contributed by atoms with E-state index in [0.29, 0.717) is 6.04 Å². The molecule has 2 N–H and O–H groups in total. The lowest BCUT2D eigenvalue weighted by molar-refractivity contribution is 0.419. The second-order valence-corrected chi connectivity index (χ2v) is 4.05. The third-order valence-corrected chi connectivity index (χ3v) is 2.54. The van der Waals surface area contributed by atoms with E-state index in [1.807, 2.05) is 19.4 Å². The van der Waals surface area contributed by atoms with Crippen LogP contribution in [0.5, 0.6) is 0 Å². The van der Waals surface area contributed by atoms with Gasteiger partial charge in [0, 0.05) is 6.04 Å². The smallest absolute Gasteiger partial charge is 0.0951 e.